The summed E-state index contributed by atoms with van der Waals surface area (Å²) < 4.78 is 77.2. The monoisotopic (exact) mass is 634 g/mol. The summed E-state index contributed by atoms with van der Waals surface area (Å²) in [5.41, 5.74) is 3.88. The van der Waals surface area contributed by atoms with Gasteiger partial charge in [0, 0.05) is 30.8 Å². The van der Waals surface area contributed by atoms with Crippen LogP contribution in [0, 0.1) is 5.92 Å². The molecule has 1 aliphatic rings. The first kappa shape index (κ1) is 32.1. The summed E-state index contributed by atoms with van der Waals surface area (Å²) >= 11 is 0. The van der Waals surface area contributed by atoms with Gasteiger partial charge in [-0.25, -0.2) is 8.42 Å². The number of nitrogens with one attached hydrogen (secondary N) is 3. The van der Waals surface area contributed by atoms with Gasteiger partial charge in [-0.3, -0.25) is 30.0 Å². The van der Waals surface area contributed by atoms with E-state index in [9.17, 15) is 36.0 Å². The third kappa shape index (κ3) is 7.78. The van der Waals surface area contributed by atoms with Crippen molar-refractivity contribution in [1.29, 1.82) is 0 Å². The Labute approximate surface area is 251 Å². The predicted molar refractivity (Wildman–Crippen MR) is 152 cm³/mol. The first-order valence-corrected chi connectivity index (χ1v) is 14.7. The molecule has 1 atom stereocenters. The van der Waals surface area contributed by atoms with Gasteiger partial charge < -0.3 is 14.4 Å². The molecular weight excluding hydrogens is 605 g/mol. The summed E-state index contributed by atoms with van der Waals surface area (Å²) in [5.74, 6) is -1.26. The predicted octanol–water partition coefficient (Wildman–Crippen LogP) is 3.38. The minimum atomic E-state index is -4.67. The van der Waals surface area contributed by atoms with E-state index < -0.39 is 39.5 Å². The third-order valence-corrected chi connectivity index (χ3v) is 8.23. The topological polar surface area (TPSA) is 143 Å². The van der Waals surface area contributed by atoms with E-state index in [1.165, 1.54) is 26.4 Å². The Morgan fingerprint density at radius 2 is 1.68 bits per heavy atom. The highest BCUT2D eigenvalue weighted by Gasteiger charge is 2.34. The molecule has 0 bridgehead atoms. The summed E-state index contributed by atoms with van der Waals surface area (Å²) in [7, 11) is -1.31. The average Bonchev–Trinajstić information content (AvgIpc) is 3.38. The van der Waals surface area contributed by atoms with Crippen molar-refractivity contribution in [1.82, 2.24) is 15.8 Å². The highest BCUT2D eigenvalue weighted by molar-refractivity contribution is 7.92. The number of carbonyl (C=O) groups is 3. The fraction of sp³-hybridized carbons (Fsp3) is 0.276. The molecule has 3 N–H and O–H groups in total. The molecule has 11 nitrogen and oxygen atoms in total. The number of alkyl halides is 3. The molecule has 1 aliphatic heterocycles. The van der Waals surface area contributed by atoms with Crippen LogP contribution in [0.4, 0.5) is 18.9 Å². The number of sulfonamides is 1. The van der Waals surface area contributed by atoms with E-state index in [2.05, 4.69) is 15.6 Å². The first-order valence-electron chi connectivity index (χ1n) is 13.2. The van der Waals surface area contributed by atoms with Gasteiger partial charge in [-0.1, -0.05) is 18.2 Å². The number of amides is 3. The molecule has 1 unspecified atom stereocenters. The SMILES string of the molecule is COc1ccc(CCN2CC(C(=O)NNC(=O)c3cccc(S(=O)(=O)Nc4cccc(C(F)(F)F)c4)c3)CC2=O)cc1OC. The number of hydrazine groups is 1. The van der Waals surface area contributed by atoms with E-state index in [0.717, 1.165) is 35.9 Å². The zero-order chi connectivity index (χ0) is 32.1. The van der Waals surface area contributed by atoms with E-state index in [1.54, 1.807) is 17.0 Å². The maximum absolute atomic E-state index is 13.0. The quantitative estimate of drug-likeness (QED) is 0.290. The van der Waals surface area contributed by atoms with Crippen molar-refractivity contribution in [3.63, 3.8) is 0 Å². The lowest BCUT2D eigenvalue weighted by Gasteiger charge is -2.17. The maximum Gasteiger partial charge on any atom is 0.416 e. The van der Waals surface area contributed by atoms with Crippen molar-refractivity contribution in [2.75, 3.05) is 32.0 Å². The zero-order valence-electron chi connectivity index (χ0n) is 23.6. The van der Waals surface area contributed by atoms with Crippen LogP contribution in [0.2, 0.25) is 0 Å². The Morgan fingerprint density at radius 3 is 2.39 bits per heavy atom. The number of halogens is 3. The van der Waals surface area contributed by atoms with Crippen molar-refractivity contribution in [3.8, 4) is 11.5 Å². The Kier molecular flexibility index (Phi) is 9.67. The summed E-state index contributed by atoms with van der Waals surface area (Å²) in [4.78, 5) is 39.1. The molecule has 1 heterocycles. The van der Waals surface area contributed by atoms with Gasteiger partial charge in [-0.15, -0.1) is 0 Å². The van der Waals surface area contributed by atoms with E-state index in [-0.39, 0.29) is 35.0 Å². The molecule has 0 spiro atoms. The lowest BCUT2D eigenvalue weighted by molar-refractivity contribution is -0.137. The van der Waals surface area contributed by atoms with Gasteiger partial charge in [0.25, 0.3) is 15.9 Å². The van der Waals surface area contributed by atoms with Crippen LogP contribution in [0.25, 0.3) is 0 Å². The van der Waals surface area contributed by atoms with Gasteiger partial charge in [0.1, 0.15) is 0 Å². The number of methoxy groups -OCH3 is 2. The molecule has 44 heavy (non-hydrogen) atoms. The number of hydrogen-bond acceptors (Lipinski definition) is 7. The minimum Gasteiger partial charge on any atom is -0.493 e. The normalized spacial score (nSPS) is 15.1. The summed E-state index contributed by atoms with van der Waals surface area (Å²) in [5, 5.41) is 0. The summed E-state index contributed by atoms with van der Waals surface area (Å²) in [6, 6.07) is 13.8. The van der Waals surface area contributed by atoms with Gasteiger partial charge in [0.15, 0.2) is 11.5 Å². The molecule has 0 aromatic heterocycles. The van der Waals surface area contributed by atoms with Gasteiger partial charge in [-0.2, -0.15) is 13.2 Å². The fourth-order valence-corrected chi connectivity index (χ4v) is 5.63. The van der Waals surface area contributed by atoms with E-state index >= 15 is 0 Å². The van der Waals surface area contributed by atoms with Crippen LogP contribution < -0.4 is 25.0 Å². The number of anilines is 1. The van der Waals surface area contributed by atoms with Crippen molar-refractivity contribution >= 4 is 33.4 Å². The van der Waals surface area contributed by atoms with Crippen molar-refractivity contribution in [2.45, 2.75) is 23.9 Å². The molecule has 15 heteroatoms. The van der Waals surface area contributed by atoms with Gasteiger partial charge in [0.05, 0.1) is 30.6 Å². The number of ether oxygens (including phenoxy) is 2. The van der Waals surface area contributed by atoms with Crippen LogP contribution in [0.3, 0.4) is 0 Å². The minimum absolute atomic E-state index is 0.0530. The number of benzene rings is 3. The fourth-order valence-electron chi connectivity index (χ4n) is 4.53. The van der Waals surface area contributed by atoms with Crippen LogP contribution in [0.1, 0.15) is 27.9 Å². The Balaban J connectivity index is 1.32. The molecule has 1 fully saturated rings. The first-order chi connectivity index (χ1) is 20.8. The maximum atomic E-state index is 13.0. The summed E-state index contributed by atoms with van der Waals surface area (Å²) in [6.45, 7) is 0.503. The Hall–Kier alpha value is -4.79. The molecule has 0 aliphatic carbocycles. The van der Waals surface area contributed by atoms with E-state index in [1.807, 2.05) is 6.07 Å². The zero-order valence-corrected chi connectivity index (χ0v) is 24.4. The number of likely N-dealkylation sites (tertiary alicyclic amines) is 1. The second-order valence-electron chi connectivity index (χ2n) is 9.84. The molecule has 1 saturated heterocycles. The Morgan fingerprint density at radius 1 is 0.955 bits per heavy atom. The average molecular weight is 635 g/mol. The van der Waals surface area contributed by atoms with Crippen molar-refractivity contribution in [3.05, 3.63) is 83.4 Å². The molecule has 0 saturated carbocycles. The Bertz CT molecular complexity index is 1660. The molecule has 3 aromatic carbocycles. The van der Waals surface area contributed by atoms with Crippen molar-refractivity contribution in [2.24, 2.45) is 5.92 Å². The molecule has 4 rings (SSSR count). The smallest absolute Gasteiger partial charge is 0.416 e. The third-order valence-electron chi connectivity index (χ3n) is 6.85. The van der Waals surface area contributed by atoms with Gasteiger partial charge >= 0.3 is 6.18 Å². The highest BCUT2D eigenvalue weighted by atomic mass is 32.2. The van der Waals surface area contributed by atoms with Crippen LogP contribution in [0.5, 0.6) is 11.5 Å². The standard InChI is InChI=1S/C29H29F3N4O7S/c1-42-24-10-9-18(13-25(24)43-2)11-12-36-17-20(15-26(36)37)28(39)34-33-27(38)19-5-3-8-23(14-19)44(40,41)35-22-7-4-6-21(16-22)29(30,31)32/h3-10,13-14,16,20,35H,11-12,15,17H2,1-2H3,(H,33,38)(H,34,39). The molecule has 0 radical (unpaired) electrons. The number of rotatable bonds is 10. The van der Waals surface area contributed by atoms with Crippen LogP contribution >= 0.6 is 0 Å². The molecular formula is C29H29F3N4O7S. The lowest BCUT2D eigenvalue weighted by atomic mass is 10.1. The van der Waals surface area contributed by atoms with E-state index in [0.29, 0.717) is 30.5 Å². The van der Waals surface area contributed by atoms with Crippen LogP contribution in [-0.4, -0.2) is 58.3 Å². The number of hydrogen-bond donors (Lipinski definition) is 3. The van der Waals surface area contributed by atoms with Crippen LogP contribution in [-0.2, 0) is 32.2 Å². The van der Waals surface area contributed by atoms with Gasteiger partial charge in [0.2, 0.25) is 11.8 Å². The summed E-state index contributed by atoms with van der Waals surface area (Å²) in [6.07, 6.45) is -4.21. The number of carbonyl (C=O) groups excluding carboxylic acids is 3. The van der Waals surface area contributed by atoms with E-state index in [4.69, 9.17) is 9.47 Å². The van der Waals surface area contributed by atoms with Gasteiger partial charge in [-0.05, 0) is 60.5 Å². The highest BCUT2D eigenvalue weighted by Crippen LogP contribution is 2.31. The second-order valence-corrected chi connectivity index (χ2v) is 11.5. The molecule has 3 aromatic rings. The largest absolute Gasteiger partial charge is 0.493 e. The molecule has 234 valence electrons. The van der Waals surface area contributed by atoms with Crippen LogP contribution in [0.15, 0.2) is 71.6 Å². The van der Waals surface area contributed by atoms with Crippen molar-refractivity contribution < 1.29 is 45.4 Å². The second kappa shape index (κ2) is 13.2. The number of nitrogens with zero attached hydrogens (tertiary/aromatic N) is 1. The lowest BCUT2D eigenvalue weighted by Crippen LogP contribution is -2.45. The molecule has 3 amide bonds.